The molecule has 2 rings (SSSR count). The van der Waals surface area contributed by atoms with Gasteiger partial charge in [0.25, 0.3) is 15.9 Å². The van der Waals surface area contributed by atoms with E-state index in [2.05, 4.69) is 10.0 Å². The van der Waals surface area contributed by atoms with Crippen LogP contribution in [0.3, 0.4) is 0 Å². The number of carbonyl (C=O) groups excluding carboxylic acids is 1. The first-order chi connectivity index (χ1) is 11.2. The molecule has 0 aliphatic carbocycles. The lowest BCUT2D eigenvalue weighted by Gasteiger charge is -2.11. The van der Waals surface area contributed by atoms with Crippen molar-refractivity contribution >= 4 is 44.8 Å². The molecule has 0 radical (unpaired) electrons. The fraction of sp³-hybridized carbons (Fsp3) is 0.188. The molecule has 8 heteroatoms. The third-order valence-corrected chi connectivity index (χ3v) is 4.76. The van der Waals surface area contributed by atoms with Gasteiger partial charge in [-0.25, -0.2) is 8.42 Å². The largest absolute Gasteiger partial charge is 0.350 e. The van der Waals surface area contributed by atoms with Crippen molar-refractivity contribution in [1.29, 1.82) is 0 Å². The average molecular weight is 387 g/mol. The quantitative estimate of drug-likeness (QED) is 0.816. The molecule has 0 saturated carbocycles. The molecule has 0 unspecified atom stereocenters. The van der Waals surface area contributed by atoms with Gasteiger partial charge in [-0.2, -0.15) is 0 Å². The molecule has 0 atom stereocenters. The Bertz CT molecular complexity index is 847. The number of benzene rings is 2. The van der Waals surface area contributed by atoms with E-state index in [4.69, 9.17) is 23.2 Å². The van der Waals surface area contributed by atoms with Crippen LogP contribution in [0.25, 0.3) is 0 Å². The van der Waals surface area contributed by atoms with Gasteiger partial charge in [-0.15, -0.1) is 0 Å². The van der Waals surface area contributed by atoms with Gasteiger partial charge in [0.15, 0.2) is 0 Å². The molecule has 2 aromatic rings. The number of sulfonamides is 1. The summed E-state index contributed by atoms with van der Waals surface area (Å²) in [6, 6.07) is 10.1. The molecule has 0 bridgehead atoms. The maximum Gasteiger partial charge on any atom is 0.261 e. The zero-order chi connectivity index (χ0) is 17.9. The maximum absolute atomic E-state index is 12.5. The Hall–Kier alpha value is -1.76. The Morgan fingerprint density at radius 3 is 2.25 bits per heavy atom. The molecule has 0 saturated heterocycles. The second-order valence-electron chi connectivity index (χ2n) is 5.42. The summed E-state index contributed by atoms with van der Waals surface area (Å²) >= 11 is 11.7. The highest BCUT2D eigenvalue weighted by Crippen LogP contribution is 2.25. The van der Waals surface area contributed by atoms with Gasteiger partial charge in [0.05, 0.1) is 10.6 Å². The smallest absolute Gasteiger partial charge is 0.261 e. The van der Waals surface area contributed by atoms with E-state index in [0.29, 0.717) is 10.0 Å². The monoisotopic (exact) mass is 386 g/mol. The van der Waals surface area contributed by atoms with Crippen LogP contribution in [0.1, 0.15) is 24.2 Å². The third-order valence-electron chi connectivity index (χ3n) is 2.94. The molecule has 0 aliphatic heterocycles. The second-order valence-corrected chi connectivity index (χ2v) is 7.97. The first-order valence-electron chi connectivity index (χ1n) is 7.07. The van der Waals surface area contributed by atoms with Crippen molar-refractivity contribution in [1.82, 2.24) is 5.32 Å². The van der Waals surface area contributed by atoms with Gasteiger partial charge in [-0.05, 0) is 50.2 Å². The van der Waals surface area contributed by atoms with E-state index >= 15 is 0 Å². The Balaban J connectivity index is 2.31. The van der Waals surface area contributed by atoms with Crippen molar-refractivity contribution in [2.45, 2.75) is 24.8 Å². The molecule has 0 aromatic heterocycles. The van der Waals surface area contributed by atoms with Gasteiger partial charge in [0, 0.05) is 21.7 Å². The summed E-state index contributed by atoms with van der Waals surface area (Å²) in [7, 11) is -3.88. The molecule has 0 aliphatic rings. The van der Waals surface area contributed by atoms with Gasteiger partial charge in [-0.1, -0.05) is 29.3 Å². The van der Waals surface area contributed by atoms with Crippen molar-refractivity contribution in [2.24, 2.45) is 0 Å². The van der Waals surface area contributed by atoms with Crippen LogP contribution in [0, 0.1) is 0 Å². The molecule has 2 N–H and O–H groups in total. The minimum atomic E-state index is -3.88. The maximum atomic E-state index is 12.5. The molecule has 1 amide bonds. The van der Waals surface area contributed by atoms with Gasteiger partial charge < -0.3 is 5.32 Å². The molecular weight excluding hydrogens is 371 g/mol. The molecule has 2 aromatic carbocycles. The minimum Gasteiger partial charge on any atom is -0.350 e. The number of rotatable bonds is 5. The van der Waals surface area contributed by atoms with Crippen LogP contribution in [0.2, 0.25) is 10.0 Å². The highest BCUT2D eigenvalue weighted by Gasteiger charge is 2.17. The zero-order valence-corrected chi connectivity index (χ0v) is 15.3. The standard InChI is InChI=1S/C16H16Cl2N2O3S/c1-10(2)19-16(21)11-4-3-5-15(6-11)24(22,23)20-14-8-12(17)7-13(18)9-14/h3-10,20H,1-2H3,(H,19,21). The van der Waals surface area contributed by atoms with Crippen LogP contribution in [0.4, 0.5) is 5.69 Å². The Morgan fingerprint density at radius 2 is 1.67 bits per heavy atom. The summed E-state index contributed by atoms with van der Waals surface area (Å²) in [5.41, 5.74) is 0.500. The average Bonchev–Trinajstić information content (AvgIpc) is 2.45. The topological polar surface area (TPSA) is 75.3 Å². The van der Waals surface area contributed by atoms with Gasteiger partial charge in [0.1, 0.15) is 0 Å². The van der Waals surface area contributed by atoms with E-state index in [1.54, 1.807) is 6.07 Å². The lowest BCUT2D eigenvalue weighted by Crippen LogP contribution is -2.30. The summed E-state index contributed by atoms with van der Waals surface area (Å²) in [4.78, 5) is 12.0. The van der Waals surface area contributed by atoms with Gasteiger partial charge >= 0.3 is 0 Å². The zero-order valence-electron chi connectivity index (χ0n) is 13.0. The normalized spacial score (nSPS) is 11.4. The summed E-state index contributed by atoms with van der Waals surface area (Å²) in [6.45, 7) is 3.64. The van der Waals surface area contributed by atoms with Gasteiger partial charge in [0.2, 0.25) is 0 Å². The third kappa shape index (κ3) is 4.87. The lowest BCUT2D eigenvalue weighted by molar-refractivity contribution is 0.0943. The van der Waals surface area contributed by atoms with E-state index in [9.17, 15) is 13.2 Å². The highest BCUT2D eigenvalue weighted by molar-refractivity contribution is 7.92. The number of amides is 1. The van der Waals surface area contributed by atoms with Crippen LogP contribution in [0.15, 0.2) is 47.4 Å². The summed E-state index contributed by atoms with van der Waals surface area (Å²) < 4.78 is 27.4. The molecule has 0 fully saturated rings. The van der Waals surface area contributed by atoms with Crippen molar-refractivity contribution in [2.75, 3.05) is 4.72 Å². The minimum absolute atomic E-state index is 0.0324. The second kappa shape index (κ2) is 7.42. The van der Waals surface area contributed by atoms with Crippen molar-refractivity contribution in [3.63, 3.8) is 0 Å². The number of halogens is 2. The van der Waals surface area contributed by atoms with Crippen molar-refractivity contribution in [3.8, 4) is 0 Å². The lowest BCUT2D eigenvalue weighted by atomic mass is 10.2. The van der Waals surface area contributed by atoms with Crippen LogP contribution in [-0.4, -0.2) is 20.4 Å². The number of hydrogen-bond donors (Lipinski definition) is 2. The van der Waals surface area contributed by atoms with E-state index < -0.39 is 10.0 Å². The van der Waals surface area contributed by atoms with Gasteiger partial charge in [-0.3, -0.25) is 9.52 Å². The predicted molar refractivity (Wildman–Crippen MR) is 96.3 cm³/mol. The van der Waals surface area contributed by atoms with Crippen LogP contribution in [0.5, 0.6) is 0 Å². The highest BCUT2D eigenvalue weighted by atomic mass is 35.5. The molecule has 24 heavy (non-hydrogen) atoms. The van der Waals surface area contributed by atoms with Crippen LogP contribution >= 0.6 is 23.2 Å². The first-order valence-corrected chi connectivity index (χ1v) is 9.31. The molecule has 0 heterocycles. The van der Waals surface area contributed by atoms with Crippen molar-refractivity contribution in [3.05, 3.63) is 58.1 Å². The number of anilines is 1. The molecular formula is C16H16Cl2N2O3S. The van der Waals surface area contributed by atoms with E-state index in [-0.39, 0.29) is 28.1 Å². The first kappa shape index (κ1) is 18.6. The Kier molecular flexibility index (Phi) is 5.74. The summed E-state index contributed by atoms with van der Waals surface area (Å²) in [5, 5.41) is 3.33. The van der Waals surface area contributed by atoms with Crippen molar-refractivity contribution < 1.29 is 13.2 Å². The molecule has 128 valence electrons. The fourth-order valence-corrected chi connectivity index (χ4v) is 3.59. The Morgan fingerprint density at radius 1 is 1.04 bits per heavy atom. The van der Waals surface area contributed by atoms with E-state index in [1.165, 1.54) is 36.4 Å². The number of nitrogens with one attached hydrogen (secondary N) is 2. The molecule has 5 nitrogen and oxygen atoms in total. The summed E-state index contributed by atoms with van der Waals surface area (Å²) in [6.07, 6.45) is 0. The SMILES string of the molecule is CC(C)NC(=O)c1cccc(S(=O)(=O)Nc2cc(Cl)cc(Cl)c2)c1. The van der Waals surface area contributed by atoms with E-state index in [1.807, 2.05) is 13.8 Å². The Labute approximate surface area is 151 Å². The summed E-state index contributed by atoms with van der Waals surface area (Å²) in [5.74, 6) is -0.340. The molecule has 0 spiro atoms. The van der Waals surface area contributed by atoms with Crippen LogP contribution < -0.4 is 10.0 Å². The van der Waals surface area contributed by atoms with Crippen LogP contribution in [-0.2, 0) is 10.0 Å². The number of hydrogen-bond acceptors (Lipinski definition) is 3. The fourth-order valence-electron chi connectivity index (χ4n) is 1.98. The predicted octanol–water partition coefficient (Wildman–Crippen LogP) is 3.93. The number of carbonyl (C=O) groups is 1. The van der Waals surface area contributed by atoms with E-state index in [0.717, 1.165) is 0 Å².